The van der Waals surface area contributed by atoms with Gasteiger partial charge in [-0.2, -0.15) is 5.10 Å². The lowest BCUT2D eigenvalue weighted by atomic mass is 9.97. The van der Waals surface area contributed by atoms with Crippen molar-refractivity contribution >= 4 is 5.91 Å². The van der Waals surface area contributed by atoms with Gasteiger partial charge in [0.25, 0.3) is 5.91 Å². The van der Waals surface area contributed by atoms with Gasteiger partial charge in [-0.25, -0.2) is 9.07 Å². The zero-order chi connectivity index (χ0) is 17.3. The fraction of sp³-hybridized carbons (Fsp3) is 0.444. The van der Waals surface area contributed by atoms with Gasteiger partial charge in [-0.05, 0) is 57.4 Å². The van der Waals surface area contributed by atoms with E-state index in [-0.39, 0.29) is 17.8 Å². The Morgan fingerprint density at radius 1 is 1.33 bits per heavy atom. The van der Waals surface area contributed by atoms with Crippen molar-refractivity contribution in [2.45, 2.75) is 45.3 Å². The smallest absolute Gasteiger partial charge is 0.257 e. The van der Waals surface area contributed by atoms with E-state index < -0.39 is 6.10 Å². The summed E-state index contributed by atoms with van der Waals surface area (Å²) < 4.78 is 14.7. The molecule has 1 aliphatic heterocycles. The Bertz CT molecular complexity index is 724. The van der Waals surface area contributed by atoms with Crippen molar-refractivity contribution in [2.75, 3.05) is 6.54 Å². The lowest BCUT2D eigenvalue weighted by Crippen LogP contribution is -2.49. The lowest BCUT2D eigenvalue weighted by Gasteiger charge is -2.37. The Labute approximate surface area is 140 Å². The highest BCUT2D eigenvalue weighted by atomic mass is 19.1. The van der Waals surface area contributed by atoms with Gasteiger partial charge in [-0.3, -0.25) is 4.79 Å². The number of likely N-dealkylation sites (tertiary alicyclic amines) is 1. The topological polar surface area (TPSA) is 58.4 Å². The van der Waals surface area contributed by atoms with E-state index in [0.717, 1.165) is 19.3 Å². The van der Waals surface area contributed by atoms with E-state index in [4.69, 9.17) is 0 Å². The van der Waals surface area contributed by atoms with Crippen LogP contribution in [0.1, 0.15) is 42.2 Å². The first kappa shape index (κ1) is 16.6. The maximum atomic E-state index is 13.1. The minimum Gasteiger partial charge on any atom is -0.391 e. The second kappa shape index (κ2) is 6.73. The molecule has 0 spiro atoms. The molecule has 0 radical (unpaired) electrons. The van der Waals surface area contributed by atoms with Crippen LogP contribution in [0.2, 0.25) is 0 Å². The predicted octanol–water partition coefficient (Wildman–Crippen LogP) is 2.70. The normalized spacial score (nSPS) is 19.3. The molecule has 0 saturated carbocycles. The van der Waals surface area contributed by atoms with Gasteiger partial charge in [-0.15, -0.1) is 0 Å². The first-order valence-corrected chi connectivity index (χ1v) is 8.28. The molecule has 3 rings (SSSR count). The van der Waals surface area contributed by atoms with Crippen LogP contribution in [0.5, 0.6) is 0 Å². The molecule has 1 aromatic heterocycles. The molecule has 0 bridgehead atoms. The third-order valence-electron chi connectivity index (χ3n) is 4.68. The Hall–Kier alpha value is -2.21. The predicted molar refractivity (Wildman–Crippen MR) is 88.6 cm³/mol. The first-order valence-electron chi connectivity index (χ1n) is 8.28. The highest BCUT2D eigenvalue weighted by Crippen LogP contribution is 2.24. The Kier molecular flexibility index (Phi) is 4.66. The molecule has 6 heteroatoms. The number of nitrogens with zero attached hydrogens (tertiary/aromatic N) is 3. The van der Waals surface area contributed by atoms with Crippen LogP contribution in [0.25, 0.3) is 5.69 Å². The van der Waals surface area contributed by atoms with Crippen molar-refractivity contribution in [3.05, 3.63) is 47.5 Å². The van der Waals surface area contributed by atoms with Crippen LogP contribution in [0.3, 0.4) is 0 Å². The number of hydrogen-bond acceptors (Lipinski definition) is 3. The van der Waals surface area contributed by atoms with Crippen LogP contribution in [-0.4, -0.2) is 44.4 Å². The largest absolute Gasteiger partial charge is 0.391 e. The fourth-order valence-electron chi connectivity index (χ4n) is 3.33. The van der Waals surface area contributed by atoms with Gasteiger partial charge in [-0.1, -0.05) is 0 Å². The van der Waals surface area contributed by atoms with Crippen molar-refractivity contribution in [3.63, 3.8) is 0 Å². The molecule has 1 aromatic carbocycles. The molecule has 5 nitrogen and oxygen atoms in total. The first-order chi connectivity index (χ1) is 11.5. The van der Waals surface area contributed by atoms with E-state index in [1.165, 1.54) is 12.1 Å². The van der Waals surface area contributed by atoms with Crippen LogP contribution >= 0.6 is 0 Å². The maximum absolute atomic E-state index is 13.1. The summed E-state index contributed by atoms with van der Waals surface area (Å²) in [7, 11) is 0. The van der Waals surface area contributed by atoms with Crippen LogP contribution in [0.4, 0.5) is 4.39 Å². The lowest BCUT2D eigenvalue weighted by molar-refractivity contribution is 0.0280. The summed E-state index contributed by atoms with van der Waals surface area (Å²) in [6, 6.07) is 5.84. The number of aromatic nitrogens is 2. The molecule has 2 atom stereocenters. The zero-order valence-electron chi connectivity index (χ0n) is 13.9. The summed E-state index contributed by atoms with van der Waals surface area (Å²) in [4.78, 5) is 14.7. The number of hydrogen-bond donors (Lipinski definition) is 1. The number of aliphatic hydroxyl groups excluding tert-OH is 1. The van der Waals surface area contributed by atoms with Gasteiger partial charge >= 0.3 is 0 Å². The maximum Gasteiger partial charge on any atom is 0.257 e. The average Bonchev–Trinajstić information content (AvgIpc) is 2.96. The SMILES string of the molecule is Cc1c(C(=O)N2CCCCC2C(C)O)cnn1-c1ccc(F)cc1. The van der Waals surface area contributed by atoms with E-state index in [0.29, 0.717) is 23.5 Å². The highest BCUT2D eigenvalue weighted by Gasteiger charge is 2.32. The number of carbonyl (C=O) groups is 1. The quantitative estimate of drug-likeness (QED) is 0.941. The number of amides is 1. The van der Waals surface area contributed by atoms with Crippen molar-refractivity contribution in [2.24, 2.45) is 0 Å². The van der Waals surface area contributed by atoms with Crippen molar-refractivity contribution in [1.29, 1.82) is 0 Å². The Balaban J connectivity index is 1.89. The molecule has 1 aliphatic rings. The molecule has 24 heavy (non-hydrogen) atoms. The number of aliphatic hydroxyl groups is 1. The number of halogens is 1. The van der Waals surface area contributed by atoms with E-state index in [9.17, 15) is 14.3 Å². The van der Waals surface area contributed by atoms with Crippen molar-refractivity contribution < 1.29 is 14.3 Å². The van der Waals surface area contributed by atoms with Gasteiger partial charge in [0.15, 0.2) is 0 Å². The summed E-state index contributed by atoms with van der Waals surface area (Å²) in [5.74, 6) is -0.417. The minimum atomic E-state index is -0.554. The van der Waals surface area contributed by atoms with E-state index in [2.05, 4.69) is 5.10 Å². The summed E-state index contributed by atoms with van der Waals surface area (Å²) in [5.41, 5.74) is 1.94. The second-order valence-corrected chi connectivity index (χ2v) is 6.33. The van der Waals surface area contributed by atoms with Crippen molar-refractivity contribution in [1.82, 2.24) is 14.7 Å². The molecule has 2 unspecified atom stereocenters. The van der Waals surface area contributed by atoms with Gasteiger partial charge < -0.3 is 10.0 Å². The molecular weight excluding hydrogens is 309 g/mol. The molecular formula is C18H22FN3O2. The molecule has 1 N–H and O–H groups in total. The van der Waals surface area contributed by atoms with Crippen molar-refractivity contribution in [3.8, 4) is 5.69 Å². The summed E-state index contributed by atoms with van der Waals surface area (Å²) in [5, 5.41) is 14.3. The molecule has 2 aromatic rings. The molecule has 1 amide bonds. The standard InChI is InChI=1S/C18H22FN3O2/c1-12-16(11-20-22(12)15-8-6-14(19)7-9-15)18(24)21-10-4-3-5-17(21)13(2)23/h6-9,11,13,17,23H,3-5,10H2,1-2H3. The van der Waals surface area contributed by atoms with E-state index in [1.807, 2.05) is 6.92 Å². The zero-order valence-corrected chi connectivity index (χ0v) is 13.9. The Morgan fingerprint density at radius 3 is 2.71 bits per heavy atom. The van der Waals surface area contributed by atoms with Crippen LogP contribution in [0, 0.1) is 12.7 Å². The van der Waals surface area contributed by atoms with Gasteiger partial charge in [0.2, 0.25) is 0 Å². The molecule has 0 aliphatic carbocycles. The van der Waals surface area contributed by atoms with Crippen LogP contribution in [-0.2, 0) is 0 Å². The third kappa shape index (κ3) is 3.06. The second-order valence-electron chi connectivity index (χ2n) is 6.33. The van der Waals surface area contributed by atoms with Gasteiger partial charge in [0, 0.05) is 6.54 Å². The number of piperidine rings is 1. The molecule has 2 heterocycles. The van der Waals surface area contributed by atoms with E-state index >= 15 is 0 Å². The number of rotatable bonds is 3. The molecule has 1 fully saturated rings. The summed E-state index contributed by atoms with van der Waals surface area (Å²) in [6.45, 7) is 4.20. The van der Waals surface area contributed by atoms with Gasteiger partial charge in [0.1, 0.15) is 5.82 Å². The third-order valence-corrected chi connectivity index (χ3v) is 4.68. The summed E-state index contributed by atoms with van der Waals surface area (Å²) >= 11 is 0. The monoisotopic (exact) mass is 331 g/mol. The minimum absolute atomic E-state index is 0.105. The van der Waals surface area contributed by atoms with Crippen LogP contribution in [0.15, 0.2) is 30.5 Å². The molecule has 128 valence electrons. The average molecular weight is 331 g/mol. The Morgan fingerprint density at radius 2 is 2.04 bits per heavy atom. The summed E-state index contributed by atoms with van der Waals surface area (Å²) in [6.07, 6.45) is 3.78. The van der Waals surface area contributed by atoms with E-state index in [1.54, 1.807) is 34.8 Å². The highest BCUT2D eigenvalue weighted by molar-refractivity contribution is 5.95. The number of benzene rings is 1. The van der Waals surface area contributed by atoms with Crippen LogP contribution < -0.4 is 0 Å². The fourth-order valence-corrected chi connectivity index (χ4v) is 3.33. The van der Waals surface area contributed by atoms with Gasteiger partial charge in [0.05, 0.1) is 35.3 Å². The number of carbonyl (C=O) groups excluding carboxylic acids is 1. The molecule has 1 saturated heterocycles.